The summed E-state index contributed by atoms with van der Waals surface area (Å²) in [7, 11) is -1.45. The molecular weight excluding hydrogens is 396 g/mol. The average molecular weight is 423 g/mol. The zero-order chi connectivity index (χ0) is 20.5. The summed E-state index contributed by atoms with van der Waals surface area (Å²) in [5.41, 5.74) is 3.62. The van der Waals surface area contributed by atoms with Crippen molar-refractivity contribution < 1.29 is 13.2 Å². The number of likely N-dealkylation sites (N-methyl/N-ethyl adjacent to an activating group) is 1. The number of fused-ring (bicyclic) bond motifs is 5. The number of ether oxygens (including phenoxy) is 1. The first kappa shape index (κ1) is 18.5. The van der Waals surface area contributed by atoms with Gasteiger partial charge in [0.2, 0.25) is 0 Å². The van der Waals surface area contributed by atoms with Crippen LogP contribution >= 0.6 is 0 Å². The minimum absolute atomic E-state index is 0.280. The van der Waals surface area contributed by atoms with Gasteiger partial charge in [-0.25, -0.2) is 12.4 Å². The molecule has 3 heterocycles. The Hall–Kier alpha value is -2.31. The van der Waals surface area contributed by atoms with Crippen LogP contribution in [0.1, 0.15) is 43.6 Å². The summed E-state index contributed by atoms with van der Waals surface area (Å²) in [6.07, 6.45) is 5.98. The summed E-state index contributed by atoms with van der Waals surface area (Å²) in [6, 6.07) is 13.4. The maximum atomic E-state index is 13.5. The summed E-state index contributed by atoms with van der Waals surface area (Å²) in [4.78, 5) is 2.75. The van der Waals surface area contributed by atoms with Crippen LogP contribution in [-0.4, -0.2) is 43.5 Å². The van der Waals surface area contributed by atoms with E-state index in [4.69, 9.17) is 4.74 Å². The quantitative estimate of drug-likeness (QED) is 0.484. The number of nitrogens with zero attached hydrogens (tertiary/aromatic N) is 2. The molecular formula is C24H26N2O3S. The average Bonchev–Trinajstić information content (AvgIpc) is 3.49. The smallest absolute Gasteiger partial charge is 0.269 e. The highest BCUT2D eigenvalue weighted by atomic mass is 32.2. The van der Waals surface area contributed by atoms with Gasteiger partial charge < -0.3 is 9.64 Å². The maximum Gasteiger partial charge on any atom is 0.269 e. The van der Waals surface area contributed by atoms with Crippen LogP contribution in [-0.2, 0) is 10.0 Å². The van der Waals surface area contributed by atoms with Crippen LogP contribution in [0.3, 0.4) is 0 Å². The third-order valence-corrected chi connectivity index (χ3v) is 8.77. The Balaban J connectivity index is 1.60. The van der Waals surface area contributed by atoms with Crippen LogP contribution in [0.2, 0.25) is 0 Å². The molecule has 1 aromatic heterocycles. The van der Waals surface area contributed by atoms with Crippen LogP contribution in [0.5, 0.6) is 5.75 Å². The normalized spacial score (nSPS) is 23.2. The number of benzene rings is 2. The van der Waals surface area contributed by atoms with Crippen molar-refractivity contribution in [3.05, 3.63) is 48.0 Å². The van der Waals surface area contributed by atoms with Crippen molar-refractivity contribution in [2.24, 2.45) is 0 Å². The number of aromatic nitrogens is 1. The first-order chi connectivity index (χ1) is 14.5. The third-order valence-electron chi connectivity index (χ3n) is 7.00. The summed E-state index contributed by atoms with van der Waals surface area (Å²) in [5, 5.41) is 1.03. The van der Waals surface area contributed by atoms with Crippen molar-refractivity contribution in [3.63, 3.8) is 0 Å². The van der Waals surface area contributed by atoms with Crippen molar-refractivity contribution in [1.82, 2.24) is 8.87 Å². The van der Waals surface area contributed by atoms with E-state index >= 15 is 0 Å². The number of rotatable bonds is 3. The van der Waals surface area contributed by atoms with Crippen LogP contribution < -0.4 is 4.74 Å². The molecule has 1 atom stereocenters. The molecule has 2 aliphatic heterocycles. The molecule has 2 fully saturated rings. The van der Waals surface area contributed by atoms with E-state index in [2.05, 4.69) is 18.0 Å². The molecule has 0 unspecified atom stereocenters. The van der Waals surface area contributed by atoms with E-state index in [1.807, 2.05) is 30.3 Å². The fraction of sp³-hybridized carbons (Fsp3) is 0.417. The lowest BCUT2D eigenvalue weighted by Gasteiger charge is -2.15. The molecule has 156 valence electrons. The molecule has 0 N–H and O–H groups in total. The van der Waals surface area contributed by atoms with E-state index in [-0.39, 0.29) is 6.10 Å². The Morgan fingerprint density at radius 3 is 2.60 bits per heavy atom. The third kappa shape index (κ3) is 2.59. The summed E-state index contributed by atoms with van der Waals surface area (Å²) < 4.78 is 34.8. The van der Waals surface area contributed by atoms with Crippen LogP contribution in [0.15, 0.2) is 47.4 Å². The second kappa shape index (κ2) is 6.59. The van der Waals surface area contributed by atoms with Gasteiger partial charge in [-0.3, -0.25) is 0 Å². The predicted molar refractivity (Wildman–Crippen MR) is 118 cm³/mol. The highest BCUT2D eigenvalue weighted by Crippen LogP contribution is 2.49. The van der Waals surface area contributed by atoms with Gasteiger partial charge in [-0.2, -0.15) is 0 Å². The molecule has 0 bridgehead atoms. The number of likely N-dealkylation sites (tertiary alicyclic amines) is 1. The van der Waals surface area contributed by atoms with E-state index in [9.17, 15) is 8.42 Å². The van der Waals surface area contributed by atoms with E-state index in [1.54, 1.807) is 10.0 Å². The molecule has 3 aliphatic rings. The van der Waals surface area contributed by atoms with Gasteiger partial charge in [0, 0.05) is 23.4 Å². The first-order valence-electron chi connectivity index (χ1n) is 10.9. The molecule has 1 aliphatic carbocycles. The zero-order valence-corrected chi connectivity index (χ0v) is 18.0. The maximum absolute atomic E-state index is 13.5. The Morgan fingerprint density at radius 2 is 1.83 bits per heavy atom. The lowest BCUT2D eigenvalue weighted by atomic mass is 9.92. The molecule has 6 heteroatoms. The standard InChI is InChI=1S/C24H26N2O3S/c1-25-13-12-16(15-25)23-20-14-18(29-17-6-2-3-7-17)10-11-21(20)26-24(23)19-8-4-5-9-22(19)30(26,27)28/h4-5,8-11,14,16-17H,2-3,6-7,12-13,15H2,1H3/t16-/m0/s1. The van der Waals surface area contributed by atoms with Gasteiger partial charge in [-0.1, -0.05) is 18.2 Å². The fourth-order valence-electron chi connectivity index (χ4n) is 5.61. The lowest BCUT2D eigenvalue weighted by Crippen LogP contribution is -2.13. The fourth-order valence-corrected chi connectivity index (χ4v) is 7.36. The lowest BCUT2D eigenvalue weighted by molar-refractivity contribution is 0.210. The molecule has 2 aromatic carbocycles. The highest BCUT2D eigenvalue weighted by molar-refractivity contribution is 7.90. The summed E-state index contributed by atoms with van der Waals surface area (Å²) >= 11 is 0. The van der Waals surface area contributed by atoms with Crippen molar-refractivity contribution >= 4 is 20.9 Å². The van der Waals surface area contributed by atoms with Gasteiger partial charge in [-0.15, -0.1) is 0 Å². The van der Waals surface area contributed by atoms with Crippen molar-refractivity contribution in [2.75, 3.05) is 20.1 Å². The molecule has 3 aromatic rings. The van der Waals surface area contributed by atoms with E-state index in [0.717, 1.165) is 60.3 Å². The van der Waals surface area contributed by atoms with Crippen molar-refractivity contribution in [1.29, 1.82) is 0 Å². The molecule has 30 heavy (non-hydrogen) atoms. The first-order valence-corrected chi connectivity index (χ1v) is 12.4. The monoisotopic (exact) mass is 422 g/mol. The topological polar surface area (TPSA) is 51.5 Å². The van der Waals surface area contributed by atoms with Gasteiger partial charge in [0.25, 0.3) is 10.0 Å². The van der Waals surface area contributed by atoms with Gasteiger partial charge >= 0.3 is 0 Å². The second-order valence-corrected chi connectivity index (χ2v) is 10.7. The summed E-state index contributed by atoms with van der Waals surface area (Å²) in [6.45, 7) is 1.98. The van der Waals surface area contributed by atoms with Gasteiger partial charge in [0.15, 0.2) is 0 Å². The van der Waals surface area contributed by atoms with E-state index in [0.29, 0.717) is 10.8 Å². The second-order valence-electron chi connectivity index (χ2n) is 8.98. The largest absolute Gasteiger partial charge is 0.490 e. The Kier molecular flexibility index (Phi) is 4.06. The highest BCUT2D eigenvalue weighted by Gasteiger charge is 2.39. The van der Waals surface area contributed by atoms with Gasteiger partial charge in [0.1, 0.15) is 5.75 Å². The van der Waals surface area contributed by atoms with E-state index < -0.39 is 10.0 Å². The molecule has 0 radical (unpaired) electrons. The van der Waals surface area contributed by atoms with Gasteiger partial charge in [-0.05, 0) is 75.5 Å². The molecule has 5 nitrogen and oxygen atoms in total. The van der Waals surface area contributed by atoms with Crippen molar-refractivity contribution in [2.45, 2.75) is 49.0 Å². The molecule has 0 spiro atoms. The SMILES string of the molecule is CN1CC[C@H](c2c3n(c4ccc(OC5CCCC5)cc24)S(=O)(=O)c2ccccc2-3)C1. The zero-order valence-electron chi connectivity index (χ0n) is 17.2. The molecule has 0 amide bonds. The molecule has 1 saturated heterocycles. The van der Waals surface area contributed by atoms with Crippen molar-refractivity contribution in [3.8, 4) is 17.0 Å². The van der Waals surface area contributed by atoms with Crippen LogP contribution in [0.4, 0.5) is 0 Å². The number of hydrogen-bond acceptors (Lipinski definition) is 4. The minimum Gasteiger partial charge on any atom is -0.490 e. The van der Waals surface area contributed by atoms with Crippen LogP contribution in [0, 0.1) is 0 Å². The summed E-state index contributed by atoms with van der Waals surface area (Å²) in [5.74, 6) is 1.17. The Labute approximate surface area is 177 Å². The molecule has 6 rings (SSSR count). The number of hydrogen-bond donors (Lipinski definition) is 0. The Morgan fingerprint density at radius 1 is 1.03 bits per heavy atom. The van der Waals surface area contributed by atoms with E-state index in [1.165, 1.54) is 18.4 Å². The predicted octanol–water partition coefficient (Wildman–Crippen LogP) is 4.60. The van der Waals surface area contributed by atoms with Crippen LogP contribution in [0.25, 0.3) is 22.2 Å². The Bertz CT molecular complexity index is 1250. The van der Waals surface area contributed by atoms with Gasteiger partial charge in [0.05, 0.1) is 22.2 Å². The molecule has 1 saturated carbocycles. The minimum atomic E-state index is -3.59.